The predicted octanol–water partition coefficient (Wildman–Crippen LogP) is 2.26. The van der Waals surface area contributed by atoms with Crippen LogP contribution in [0.4, 0.5) is 5.69 Å². The van der Waals surface area contributed by atoms with Gasteiger partial charge in [-0.05, 0) is 23.6 Å². The molecule has 1 aromatic rings. The van der Waals surface area contributed by atoms with Gasteiger partial charge in [-0.3, -0.25) is 14.4 Å². The summed E-state index contributed by atoms with van der Waals surface area (Å²) in [5.41, 5.74) is 1.26. The monoisotopic (exact) mass is 357 g/mol. The minimum Gasteiger partial charge on any atom is -0.465 e. The van der Waals surface area contributed by atoms with Crippen molar-refractivity contribution in [3.63, 3.8) is 0 Å². The van der Waals surface area contributed by atoms with Crippen molar-refractivity contribution in [3.05, 3.63) is 42.0 Å². The number of hydrogen-bond donors (Lipinski definition) is 0. The highest BCUT2D eigenvalue weighted by atomic mass is 16.5. The number of anilines is 1. The van der Waals surface area contributed by atoms with Crippen LogP contribution in [0, 0.1) is 11.8 Å². The Morgan fingerprint density at radius 2 is 1.85 bits per heavy atom. The van der Waals surface area contributed by atoms with Gasteiger partial charge in [0.2, 0.25) is 0 Å². The molecule has 6 heteroatoms. The van der Waals surface area contributed by atoms with E-state index in [9.17, 15) is 14.4 Å². The molecule has 2 heterocycles. The summed E-state index contributed by atoms with van der Waals surface area (Å²) in [4.78, 5) is 36.4. The molecule has 1 fully saturated rings. The Balaban J connectivity index is 1.45. The molecule has 0 spiro atoms. The van der Waals surface area contributed by atoms with Gasteiger partial charge in [0.15, 0.2) is 0 Å². The number of carbonyl (C=O) groups excluding carboxylic acids is 3. The quantitative estimate of drug-likeness (QED) is 0.553. The summed E-state index contributed by atoms with van der Waals surface area (Å²) < 4.78 is 10.8. The number of rotatable bonds is 7. The van der Waals surface area contributed by atoms with Gasteiger partial charge in [0, 0.05) is 24.5 Å². The Labute approximate surface area is 152 Å². The molecular weight excluding hydrogens is 334 g/mol. The van der Waals surface area contributed by atoms with Crippen molar-refractivity contribution in [2.75, 3.05) is 18.1 Å². The zero-order chi connectivity index (χ0) is 18.7. The van der Waals surface area contributed by atoms with Crippen LogP contribution in [-0.4, -0.2) is 37.1 Å². The normalized spacial score (nSPS) is 22.0. The first kappa shape index (κ1) is 18.3. The van der Waals surface area contributed by atoms with Crippen LogP contribution >= 0.6 is 0 Å². The third kappa shape index (κ3) is 4.02. The van der Waals surface area contributed by atoms with Crippen LogP contribution in [0.3, 0.4) is 0 Å². The molecule has 138 valence electrons. The van der Waals surface area contributed by atoms with Crippen molar-refractivity contribution in [2.45, 2.75) is 32.8 Å². The first-order chi connectivity index (χ1) is 12.5. The summed E-state index contributed by atoms with van der Waals surface area (Å²) in [5.74, 6) is 0.104. The Bertz CT molecular complexity index is 704. The van der Waals surface area contributed by atoms with Crippen molar-refractivity contribution >= 4 is 23.5 Å². The molecule has 26 heavy (non-hydrogen) atoms. The second kappa shape index (κ2) is 7.83. The molecule has 1 aromatic carbocycles. The highest BCUT2D eigenvalue weighted by Gasteiger charge is 2.34. The summed E-state index contributed by atoms with van der Waals surface area (Å²) in [5, 5.41) is 0. The topological polar surface area (TPSA) is 72.9 Å². The predicted molar refractivity (Wildman–Crippen MR) is 95.4 cm³/mol. The number of ether oxygens (including phenoxy) is 2. The molecule has 6 nitrogen and oxygen atoms in total. The molecule has 0 bridgehead atoms. The fourth-order valence-corrected chi connectivity index (χ4v) is 3.19. The summed E-state index contributed by atoms with van der Waals surface area (Å²) in [6.07, 6.45) is 3.54. The van der Waals surface area contributed by atoms with E-state index >= 15 is 0 Å². The zero-order valence-electron chi connectivity index (χ0n) is 15.0. The van der Waals surface area contributed by atoms with E-state index in [-0.39, 0.29) is 30.3 Å². The minimum atomic E-state index is -0.361. The van der Waals surface area contributed by atoms with Crippen molar-refractivity contribution in [1.29, 1.82) is 0 Å². The van der Waals surface area contributed by atoms with Crippen LogP contribution in [0.5, 0.6) is 0 Å². The van der Waals surface area contributed by atoms with Gasteiger partial charge < -0.3 is 9.47 Å². The molecular formula is C20H23NO5. The molecule has 0 N–H and O–H groups in total. The third-order valence-electron chi connectivity index (χ3n) is 4.85. The number of amides is 2. The van der Waals surface area contributed by atoms with Gasteiger partial charge in [-0.2, -0.15) is 0 Å². The van der Waals surface area contributed by atoms with Crippen molar-refractivity contribution in [3.8, 4) is 0 Å². The lowest BCUT2D eigenvalue weighted by Crippen LogP contribution is -2.43. The van der Waals surface area contributed by atoms with Gasteiger partial charge in [-0.25, -0.2) is 4.90 Å². The number of carbonyl (C=O) groups is 3. The summed E-state index contributed by atoms with van der Waals surface area (Å²) in [7, 11) is 0. The Morgan fingerprint density at radius 1 is 1.19 bits per heavy atom. The molecule has 0 aliphatic carbocycles. The fourth-order valence-electron chi connectivity index (χ4n) is 3.19. The summed E-state index contributed by atoms with van der Waals surface area (Å²) >= 11 is 0. The first-order valence-electron chi connectivity index (χ1n) is 8.88. The van der Waals surface area contributed by atoms with E-state index in [1.54, 1.807) is 24.3 Å². The largest absolute Gasteiger partial charge is 0.465 e. The van der Waals surface area contributed by atoms with Crippen LogP contribution in [0.15, 0.2) is 36.4 Å². The van der Waals surface area contributed by atoms with E-state index in [1.165, 1.54) is 12.2 Å². The Kier molecular flexibility index (Phi) is 5.52. The van der Waals surface area contributed by atoms with E-state index in [4.69, 9.17) is 9.47 Å². The lowest BCUT2D eigenvalue weighted by atomic mass is 9.85. The fraction of sp³-hybridized carbons (Fsp3) is 0.450. The van der Waals surface area contributed by atoms with Crippen LogP contribution < -0.4 is 4.90 Å². The van der Waals surface area contributed by atoms with Crippen molar-refractivity contribution in [2.24, 2.45) is 11.8 Å². The van der Waals surface area contributed by atoms with Gasteiger partial charge >= 0.3 is 5.97 Å². The molecule has 2 atom stereocenters. The molecule has 2 amide bonds. The highest BCUT2D eigenvalue weighted by molar-refractivity contribution is 6.28. The summed E-state index contributed by atoms with van der Waals surface area (Å²) in [6.45, 7) is 5.50. The number of hydrogen-bond acceptors (Lipinski definition) is 5. The third-order valence-corrected chi connectivity index (χ3v) is 4.85. The van der Waals surface area contributed by atoms with Gasteiger partial charge in [0.25, 0.3) is 11.8 Å². The van der Waals surface area contributed by atoms with E-state index in [0.29, 0.717) is 24.1 Å². The van der Waals surface area contributed by atoms with Gasteiger partial charge in [0.1, 0.15) is 0 Å². The van der Waals surface area contributed by atoms with Crippen LogP contribution in [0.1, 0.15) is 25.8 Å². The molecule has 3 rings (SSSR count). The smallest absolute Gasteiger partial charge is 0.310 e. The SMILES string of the molecule is CC(C)C1COC1CCOC(=O)Cc1ccc(N2C(=O)C=CC2=O)cc1. The molecule has 0 aromatic heterocycles. The molecule has 2 aliphatic heterocycles. The van der Waals surface area contributed by atoms with Crippen LogP contribution in [0.25, 0.3) is 0 Å². The average Bonchev–Trinajstić information content (AvgIpc) is 2.89. The average molecular weight is 357 g/mol. The van der Waals surface area contributed by atoms with Crippen molar-refractivity contribution in [1.82, 2.24) is 0 Å². The summed E-state index contributed by atoms with van der Waals surface area (Å²) in [6, 6.07) is 6.75. The number of nitrogens with zero attached hydrogens (tertiary/aromatic N) is 1. The van der Waals surface area contributed by atoms with E-state index < -0.39 is 0 Å². The maximum atomic E-state index is 12.0. The van der Waals surface area contributed by atoms with Crippen LogP contribution in [-0.2, 0) is 30.3 Å². The van der Waals surface area contributed by atoms with Gasteiger partial charge in [-0.1, -0.05) is 26.0 Å². The zero-order valence-corrected chi connectivity index (χ0v) is 15.0. The number of imide groups is 1. The Morgan fingerprint density at radius 3 is 2.38 bits per heavy atom. The standard InChI is InChI=1S/C20H23NO5/c1-13(2)16-12-26-17(16)9-10-25-20(24)11-14-3-5-15(6-4-14)21-18(22)7-8-19(21)23/h3-8,13,16-17H,9-12H2,1-2H3. The second-order valence-corrected chi connectivity index (χ2v) is 6.98. The number of benzene rings is 1. The second-order valence-electron chi connectivity index (χ2n) is 6.98. The molecule has 2 unspecified atom stereocenters. The maximum absolute atomic E-state index is 12.0. The molecule has 2 aliphatic rings. The maximum Gasteiger partial charge on any atom is 0.310 e. The van der Waals surface area contributed by atoms with Gasteiger partial charge in [0.05, 0.1) is 31.4 Å². The minimum absolute atomic E-state index is 0.152. The van der Waals surface area contributed by atoms with Gasteiger partial charge in [-0.15, -0.1) is 0 Å². The van der Waals surface area contributed by atoms with E-state index in [1.807, 2.05) is 0 Å². The molecule has 1 saturated heterocycles. The molecule has 0 saturated carbocycles. The highest BCUT2D eigenvalue weighted by Crippen LogP contribution is 2.29. The van der Waals surface area contributed by atoms with E-state index in [2.05, 4.69) is 13.8 Å². The lowest BCUT2D eigenvalue weighted by molar-refractivity contribution is -0.154. The van der Waals surface area contributed by atoms with Crippen LogP contribution in [0.2, 0.25) is 0 Å². The number of esters is 1. The van der Waals surface area contributed by atoms with Crippen molar-refractivity contribution < 1.29 is 23.9 Å². The van der Waals surface area contributed by atoms with E-state index in [0.717, 1.165) is 23.5 Å². The Hall–Kier alpha value is -2.47. The lowest BCUT2D eigenvalue weighted by Gasteiger charge is -2.39. The first-order valence-corrected chi connectivity index (χ1v) is 8.88. The molecule has 0 radical (unpaired) electrons.